The molecule has 4 rings (SSSR count). The molecule has 2 aromatic heterocycles. The lowest BCUT2D eigenvalue weighted by atomic mass is 10.0. The Morgan fingerprint density at radius 2 is 1.56 bits per heavy atom. The number of fused-ring (bicyclic) bond motifs is 1. The van der Waals surface area contributed by atoms with Crippen LogP contribution in [0.25, 0.3) is 22.2 Å². The summed E-state index contributed by atoms with van der Waals surface area (Å²) in [5.74, 6) is 0.706. The Bertz CT molecular complexity index is 1220. The fraction of sp³-hybridized carbons (Fsp3) is 0.286. The monoisotopic (exact) mass is 426 g/mol. The van der Waals surface area contributed by atoms with Crippen LogP contribution in [-0.2, 0) is 13.0 Å². The number of rotatable bonds is 10. The summed E-state index contributed by atoms with van der Waals surface area (Å²) in [6, 6.07) is 24.2. The number of aromatic nitrogens is 2. The van der Waals surface area contributed by atoms with Gasteiger partial charge in [-0.05, 0) is 49.1 Å². The molecular weight excluding hydrogens is 396 g/mol. The van der Waals surface area contributed by atoms with Gasteiger partial charge in [0, 0.05) is 23.7 Å². The number of aryl methyl sites for hydroxylation is 2. The van der Waals surface area contributed by atoms with E-state index in [1.807, 2.05) is 47.0 Å². The quantitative estimate of drug-likeness (QED) is 0.281. The molecule has 0 aliphatic heterocycles. The molecule has 4 nitrogen and oxygen atoms in total. The van der Waals surface area contributed by atoms with Gasteiger partial charge in [0.05, 0.1) is 12.7 Å². The van der Waals surface area contributed by atoms with Crippen LogP contribution in [-0.4, -0.2) is 16.7 Å². The molecule has 2 heterocycles. The smallest absolute Gasteiger partial charge is 0.260 e. The van der Waals surface area contributed by atoms with Crippen molar-refractivity contribution in [1.29, 1.82) is 0 Å². The number of methoxy groups -OCH3 is 1. The number of ether oxygens (including phenoxy) is 1. The average Bonchev–Trinajstić information content (AvgIpc) is 2.85. The molecule has 4 heteroatoms. The molecule has 0 N–H and O–H groups in total. The third-order valence-corrected chi connectivity index (χ3v) is 5.94. The molecule has 2 aromatic carbocycles. The summed E-state index contributed by atoms with van der Waals surface area (Å²) < 4.78 is 7.35. The zero-order valence-corrected chi connectivity index (χ0v) is 18.7. The van der Waals surface area contributed by atoms with E-state index >= 15 is 0 Å². The average molecular weight is 427 g/mol. The molecule has 0 saturated carbocycles. The minimum atomic E-state index is -0.00947. The summed E-state index contributed by atoms with van der Waals surface area (Å²) in [4.78, 5) is 18.0. The van der Waals surface area contributed by atoms with Crippen molar-refractivity contribution in [2.75, 3.05) is 7.11 Å². The van der Waals surface area contributed by atoms with Crippen LogP contribution >= 0.6 is 0 Å². The standard InChI is InChI=1S/C28H30N2O2/c1-32-26-18-10-9-17-24(26)25-21-23-16-12-19-29-27(23)30(28(25)31)20-11-4-2-3-6-13-22-14-7-5-8-15-22/h5,7-10,12,14-19,21H,2-4,6,11,13,20H2,1H3. The molecule has 0 unspecified atom stereocenters. The van der Waals surface area contributed by atoms with Gasteiger partial charge in [0.15, 0.2) is 0 Å². The van der Waals surface area contributed by atoms with E-state index in [2.05, 4.69) is 35.3 Å². The van der Waals surface area contributed by atoms with Crippen molar-refractivity contribution in [2.45, 2.75) is 45.1 Å². The van der Waals surface area contributed by atoms with Crippen LogP contribution in [0.1, 0.15) is 37.7 Å². The first-order valence-corrected chi connectivity index (χ1v) is 11.4. The highest BCUT2D eigenvalue weighted by Gasteiger charge is 2.14. The molecule has 0 amide bonds. The minimum Gasteiger partial charge on any atom is -0.496 e. The van der Waals surface area contributed by atoms with E-state index in [1.54, 1.807) is 13.3 Å². The Kier molecular flexibility index (Phi) is 7.34. The largest absolute Gasteiger partial charge is 0.496 e. The normalized spacial score (nSPS) is 11.0. The maximum Gasteiger partial charge on any atom is 0.260 e. The van der Waals surface area contributed by atoms with Crippen molar-refractivity contribution in [2.24, 2.45) is 0 Å². The maximum atomic E-state index is 13.4. The van der Waals surface area contributed by atoms with E-state index in [0.717, 1.165) is 35.9 Å². The number of hydrogen-bond donors (Lipinski definition) is 0. The Labute approximate surface area is 189 Å². The zero-order valence-electron chi connectivity index (χ0n) is 18.7. The van der Waals surface area contributed by atoms with Gasteiger partial charge in [0.1, 0.15) is 11.4 Å². The van der Waals surface area contributed by atoms with Gasteiger partial charge >= 0.3 is 0 Å². The lowest BCUT2D eigenvalue weighted by molar-refractivity contribution is 0.416. The van der Waals surface area contributed by atoms with Gasteiger partial charge in [-0.25, -0.2) is 4.98 Å². The number of nitrogens with zero attached hydrogens (tertiary/aromatic N) is 2. The van der Waals surface area contributed by atoms with Crippen molar-refractivity contribution in [3.8, 4) is 16.9 Å². The predicted octanol–water partition coefficient (Wildman–Crippen LogP) is 6.27. The molecule has 4 aromatic rings. The molecular formula is C28H30N2O2. The molecule has 164 valence electrons. The van der Waals surface area contributed by atoms with E-state index in [1.165, 1.54) is 24.8 Å². The maximum absolute atomic E-state index is 13.4. The Morgan fingerprint density at radius 1 is 0.812 bits per heavy atom. The summed E-state index contributed by atoms with van der Waals surface area (Å²) in [6.45, 7) is 0.675. The summed E-state index contributed by atoms with van der Waals surface area (Å²) in [5, 5.41) is 0.968. The molecule has 32 heavy (non-hydrogen) atoms. The number of para-hydroxylation sites is 1. The highest BCUT2D eigenvalue weighted by atomic mass is 16.5. The summed E-state index contributed by atoms with van der Waals surface area (Å²) in [5.41, 5.74) is 3.63. The minimum absolute atomic E-state index is 0.00947. The van der Waals surface area contributed by atoms with Crippen LogP contribution < -0.4 is 10.3 Å². The Morgan fingerprint density at radius 3 is 2.41 bits per heavy atom. The molecule has 0 fully saturated rings. The first-order valence-electron chi connectivity index (χ1n) is 11.4. The SMILES string of the molecule is COc1ccccc1-c1cc2cccnc2n(CCCCCCCc2ccccc2)c1=O. The van der Waals surface area contributed by atoms with Crippen molar-refractivity contribution in [3.63, 3.8) is 0 Å². The second-order valence-corrected chi connectivity index (χ2v) is 8.13. The Balaban J connectivity index is 1.45. The fourth-order valence-electron chi connectivity index (χ4n) is 4.25. The number of hydrogen-bond acceptors (Lipinski definition) is 3. The van der Waals surface area contributed by atoms with Gasteiger partial charge in [0.2, 0.25) is 0 Å². The van der Waals surface area contributed by atoms with E-state index < -0.39 is 0 Å². The summed E-state index contributed by atoms with van der Waals surface area (Å²) in [7, 11) is 1.64. The van der Waals surface area contributed by atoms with E-state index in [4.69, 9.17) is 4.74 Å². The summed E-state index contributed by atoms with van der Waals surface area (Å²) >= 11 is 0. The third kappa shape index (κ3) is 5.08. The number of benzene rings is 2. The first-order chi connectivity index (χ1) is 15.8. The van der Waals surface area contributed by atoms with Crippen LogP contribution in [0.2, 0.25) is 0 Å². The lowest BCUT2D eigenvalue weighted by Crippen LogP contribution is -2.23. The molecule has 0 atom stereocenters. The van der Waals surface area contributed by atoms with Gasteiger partial charge in [-0.3, -0.25) is 9.36 Å². The molecule has 0 aliphatic carbocycles. The molecule has 0 saturated heterocycles. The fourth-order valence-corrected chi connectivity index (χ4v) is 4.25. The van der Waals surface area contributed by atoms with Crippen LogP contribution in [0, 0.1) is 0 Å². The van der Waals surface area contributed by atoms with Gasteiger partial charge in [-0.15, -0.1) is 0 Å². The molecule has 0 aliphatic rings. The van der Waals surface area contributed by atoms with Crippen molar-refractivity contribution >= 4 is 11.0 Å². The molecule has 0 radical (unpaired) electrons. The molecule has 0 bridgehead atoms. The second kappa shape index (κ2) is 10.8. The highest BCUT2D eigenvalue weighted by molar-refractivity contribution is 5.82. The molecule has 0 spiro atoms. The lowest BCUT2D eigenvalue weighted by Gasteiger charge is -2.14. The van der Waals surface area contributed by atoms with Crippen LogP contribution in [0.5, 0.6) is 5.75 Å². The number of pyridine rings is 2. The van der Waals surface area contributed by atoms with Crippen molar-refractivity contribution < 1.29 is 4.74 Å². The topological polar surface area (TPSA) is 44.1 Å². The first kappa shape index (κ1) is 21.8. The van der Waals surface area contributed by atoms with Crippen LogP contribution in [0.15, 0.2) is 83.8 Å². The highest BCUT2D eigenvalue weighted by Crippen LogP contribution is 2.29. The second-order valence-electron chi connectivity index (χ2n) is 8.13. The van der Waals surface area contributed by atoms with Crippen LogP contribution in [0.4, 0.5) is 0 Å². The van der Waals surface area contributed by atoms with Crippen molar-refractivity contribution in [3.05, 3.63) is 94.9 Å². The van der Waals surface area contributed by atoms with Crippen LogP contribution in [0.3, 0.4) is 0 Å². The van der Waals surface area contributed by atoms with E-state index in [-0.39, 0.29) is 5.56 Å². The van der Waals surface area contributed by atoms with Crippen molar-refractivity contribution in [1.82, 2.24) is 9.55 Å². The van der Waals surface area contributed by atoms with E-state index in [0.29, 0.717) is 17.9 Å². The van der Waals surface area contributed by atoms with Gasteiger partial charge in [0.25, 0.3) is 5.56 Å². The number of unbranched alkanes of at least 4 members (excludes halogenated alkanes) is 4. The Hall–Kier alpha value is -3.40. The van der Waals surface area contributed by atoms with Gasteiger partial charge in [-0.2, -0.15) is 0 Å². The zero-order chi connectivity index (χ0) is 22.2. The van der Waals surface area contributed by atoms with E-state index in [9.17, 15) is 4.79 Å². The van der Waals surface area contributed by atoms with Gasteiger partial charge in [-0.1, -0.05) is 67.8 Å². The summed E-state index contributed by atoms with van der Waals surface area (Å²) in [6.07, 6.45) is 8.56. The third-order valence-electron chi connectivity index (χ3n) is 5.94. The van der Waals surface area contributed by atoms with Gasteiger partial charge < -0.3 is 4.74 Å². The predicted molar refractivity (Wildman–Crippen MR) is 131 cm³/mol.